The van der Waals surface area contributed by atoms with E-state index in [1.54, 1.807) is 58.3 Å². The van der Waals surface area contributed by atoms with Crippen molar-refractivity contribution in [2.75, 3.05) is 6.35 Å². The van der Waals surface area contributed by atoms with Gasteiger partial charge in [-0.25, -0.2) is 4.79 Å². The Labute approximate surface area is 367 Å². The second-order valence-corrected chi connectivity index (χ2v) is 17.6. The fourth-order valence-corrected chi connectivity index (χ4v) is 8.94. The smallest absolute Gasteiger partial charge is 0.368 e. The summed E-state index contributed by atoms with van der Waals surface area (Å²) < 4.78 is 31.9. The van der Waals surface area contributed by atoms with E-state index in [-0.39, 0.29) is 45.1 Å². The maximum absolute atomic E-state index is 14.9. The number of urea groups is 1. The van der Waals surface area contributed by atoms with E-state index in [0.717, 1.165) is 22.3 Å². The number of carbonyl (C=O) groups excluding carboxylic acids is 3. The number of nitrogens with two attached hydrogens (primary N) is 2. The van der Waals surface area contributed by atoms with Gasteiger partial charge in [-0.1, -0.05) is 127 Å². The number of hydrogen-bond acceptors (Lipinski definition) is 8. The van der Waals surface area contributed by atoms with Gasteiger partial charge >= 0.3 is 13.6 Å². The van der Waals surface area contributed by atoms with Crippen molar-refractivity contribution < 1.29 is 37.8 Å². The lowest BCUT2D eigenvalue weighted by atomic mass is 9.88. The molecule has 1 fully saturated rings. The topological polar surface area (TPSA) is 175 Å². The van der Waals surface area contributed by atoms with Crippen LogP contribution in [-0.2, 0) is 52.8 Å². The molecule has 6 aromatic carbocycles. The standard InChI is InChI=1S/C50H51N4O8P/c51-48(56)42-20-10-18-40(28-42)31-53-45(27-24-36-12-4-1-5-13-36)47(55)46(54(50(53)58)32-41-19-11-21-43(29-41)49(52)57)30-37-22-25-44(26-23-37)60-35-63(59,61-33-38-14-6-2-7-15-38)62-34-39-16-8-3-9-17-39/h1-23,25-26,28-29,45-47,55H,24,27,30-35H2,(H2,51,56)(H2,52,57). The maximum Gasteiger partial charge on any atom is 0.368 e. The number of aliphatic hydroxyl groups excluding tert-OH is 1. The first kappa shape index (κ1) is 44.5. The van der Waals surface area contributed by atoms with E-state index in [9.17, 15) is 24.1 Å². The number of aliphatic hydroxyl groups is 1. The molecule has 1 aliphatic heterocycles. The van der Waals surface area contributed by atoms with Crippen LogP contribution in [-0.4, -0.2) is 57.3 Å². The predicted octanol–water partition coefficient (Wildman–Crippen LogP) is 8.26. The van der Waals surface area contributed by atoms with E-state index in [1.807, 2.05) is 115 Å². The lowest BCUT2D eigenvalue weighted by Crippen LogP contribution is -2.66. The molecule has 0 radical (unpaired) electrons. The molecule has 0 aromatic heterocycles. The maximum atomic E-state index is 14.9. The summed E-state index contributed by atoms with van der Waals surface area (Å²) in [6, 6.07) is 47.9. The lowest BCUT2D eigenvalue weighted by molar-refractivity contribution is -0.0453. The molecule has 0 aliphatic carbocycles. The Hall–Kier alpha value is -6.56. The van der Waals surface area contributed by atoms with Crippen molar-refractivity contribution in [1.82, 2.24) is 9.80 Å². The number of benzene rings is 6. The minimum atomic E-state index is -3.75. The van der Waals surface area contributed by atoms with Crippen molar-refractivity contribution in [3.8, 4) is 5.75 Å². The molecule has 324 valence electrons. The summed E-state index contributed by atoms with van der Waals surface area (Å²) in [4.78, 5) is 42.5. The fraction of sp³-hybridized carbons (Fsp3) is 0.220. The molecule has 4 amide bonds. The summed E-state index contributed by atoms with van der Waals surface area (Å²) >= 11 is 0. The number of hydrogen-bond donors (Lipinski definition) is 3. The monoisotopic (exact) mass is 866 g/mol. The van der Waals surface area contributed by atoms with Crippen LogP contribution in [0.3, 0.4) is 0 Å². The van der Waals surface area contributed by atoms with Crippen molar-refractivity contribution in [1.29, 1.82) is 0 Å². The normalized spacial score (nSPS) is 16.5. The van der Waals surface area contributed by atoms with Gasteiger partial charge in [0.05, 0.1) is 31.4 Å². The zero-order valence-corrected chi connectivity index (χ0v) is 35.7. The average molecular weight is 867 g/mol. The first-order valence-corrected chi connectivity index (χ1v) is 22.5. The molecular formula is C50H51N4O8P. The average Bonchev–Trinajstić information content (AvgIpc) is 3.31. The second kappa shape index (κ2) is 21.0. The number of amides is 4. The van der Waals surface area contributed by atoms with Gasteiger partial charge in [0, 0.05) is 24.2 Å². The number of rotatable bonds is 20. The van der Waals surface area contributed by atoms with Gasteiger partial charge in [0.2, 0.25) is 11.8 Å². The largest absolute Gasteiger partial charge is 0.481 e. The van der Waals surface area contributed by atoms with Crippen LogP contribution in [0.2, 0.25) is 0 Å². The summed E-state index contributed by atoms with van der Waals surface area (Å²) in [6.07, 6.45) is -0.0358. The molecular weight excluding hydrogens is 816 g/mol. The van der Waals surface area contributed by atoms with Crippen LogP contribution in [0, 0.1) is 0 Å². The van der Waals surface area contributed by atoms with Crippen LogP contribution in [0.4, 0.5) is 4.79 Å². The number of aryl methyl sites for hydroxylation is 1. The Bertz CT molecular complexity index is 2460. The summed E-state index contributed by atoms with van der Waals surface area (Å²) in [5, 5.41) is 12.5. The third kappa shape index (κ3) is 12.1. The Morgan fingerprint density at radius 2 is 1.03 bits per heavy atom. The predicted molar refractivity (Wildman–Crippen MR) is 240 cm³/mol. The molecule has 0 bridgehead atoms. The molecule has 7 rings (SSSR count). The molecule has 13 heteroatoms. The van der Waals surface area contributed by atoms with Crippen molar-refractivity contribution in [3.05, 3.63) is 208 Å². The highest BCUT2D eigenvalue weighted by molar-refractivity contribution is 7.53. The SMILES string of the molecule is NC(=O)c1cccc(CN2C(=O)N(Cc3cccc(C(N)=O)c3)C(Cc3ccc(OCP(=O)(OCc4ccccc4)OCc4ccccc4)cc3)C(O)C2CCc2ccccc2)c1. The van der Waals surface area contributed by atoms with Crippen LogP contribution in [0.25, 0.3) is 0 Å². The van der Waals surface area contributed by atoms with Gasteiger partial charge in [0.1, 0.15) is 5.75 Å². The molecule has 63 heavy (non-hydrogen) atoms. The summed E-state index contributed by atoms with van der Waals surface area (Å²) in [5.41, 5.74) is 16.7. The van der Waals surface area contributed by atoms with Gasteiger partial charge in [0.15, 0.2) is 6.35 Å². The summed E-state index contributed by atoms with van der Waals surface area (Å²) in [6.45, 7) is 0.337. The Kier molecular flexibility index (Phi) is 14.8. The van der Waals surface area contributed by atoms with Gasteiger partial charge < -0.3 is 40.2 Å². The van der Waals surface area contributed by atoms with Gasteiger partial charge in [-0.15, -0.1) is 0 Å². The lowest BCUT2D eigenvalue weighted by Gasteiger charge is -2.49. The van der Waals surface area contributed by atoms with Crippen LogP contribution < -0.4 is 16.2 Å². The minimum Gasteiger partial charge on any atom is -0.481 e. The molecule has 3 atom stereocenters. The van der Waals surface area contributed by atoms with E-state index in [0.29, 0.717) is 40.8 Å². The number of ether oxygens (including phenoxy) is 1. The Morgan fingerprint density at radius 3 is 1.52 bits per heavy atom. The van der Waals surface area contributed by atoms with Crippen molar-refractivity contribution in [2.24, 2.45) is 11.5 Å². The first-order valence-electron chi connectivity index (χ1n) is 20.8. The molecule has 0 spiro atoms. The second-order valence-electron chi connectivity index (χ2n) is 15.6. The Morgan fingerprint density at radius 1 is 0.571 bits per heavy atom. The number of nitrogens with zero attached hydrogens (tertiary/aromatic N) is 2. The highest BCUT2D eigenvalue weighted by Crippen LogP contribution is 2.50. The van der Waals surface area contributed by atoms with Gasteiger partial charge in [-0.3, -0.25) is 14.2 Å². The molecule has 5 N–H and O–H groups in total. The molecule has 12 nitrogen and oxygen atoms in total. The molecule has 3 unspecified atom stereocenters. The zero-order valence-electron chi connectivity index (χ0n) is 34.8. The number of carbonyl (C=O) groups is 3. The zero-order chi connectivity index (χ0) is 44.2. The minimum absolute atomic E-state index is 0.0739. The molecule has 6 aromatic rings. The molecule has 1 heterocycles. The van der Waals surface area contributed by atoms with E-state index < -0.39 is 37.6 Å². The highest BCUT2D eigenvalue weighted by atomic mass is 31.2. The third-order valence-electron chi connectivity index (χ3n) is 11.1. The van der Waals surface area contributed by atoms with Gasteiger partial charge in [-0.2, -0.15) is 0 Å². The van der Waals surface area contributed by atoms with Crippen LogP contribution in [0.15, 0.2) is 164 Å². The Balaban J connectivity index is 1.14. The first-order chi connectivity index (χ1) is 30.5. The molecule has 1 saturated heterocycles. The van der Waals surface area contributed by atoms with Gasteiger partial charge in [-0.05, 0) is 89.0 Å². The van der Waals surface area contributed by atoms with Crippen LogP contribution >= 0.6 is 7.60 Å². The molecule has 0 saturated carbocycles. The van der Waals surface area contributed by atoms with Crippen LogP contribution in [0.1, 0.15) is 60.5 Å². The van der Waals surface area contributed by atoms with Gasteiger partial charge in [0.25, 0.3) is 0 Å². The van der Waals surface area contributed by atoms with Crippen molar-refractivity contribution in [2.45, 2.75) is 63.8 Å². The number of primary amides is 2. The van der Waals surface area contributed by atoms with E-state index in [2.05, 4.69) is 0 Å². The van der Waals surface area contributed by atoms with E-state index in [4.69, 9.17) is 25.3 Å². The summed E-state index contributed by atoms with van der Waals surface area (Å²) in [7, 11) is -3.75. The van der Waals surface area contributed by atoms with E-state index in [1.165, 1.54) is 0 Å². The third-order valence-corrected chi connectivity index (χ3v) is 12.6. The van der Waals surface area contributed by atoms with Crippen molar-refractivity contribution >= 4 is 25.4 Å². The van der Waals surface area contributed by atoms with Crippen molar-refractivity contribution in [3.63, 3.8) is 0 Å². The van der Waals surface area contributed by atoms with E-state index >= 15 is 0 Å². The summed E-state index contributed by atoms with van der Waals surface area (Å²) in [5.74, 6) is -0.757. The molecule has 1 aliphatic rings. The fourth-order valence-electron chi connectivity index (χ4n) is 7.72. The highest BCUT2D eigenvalue weighted by Gasteiger charge is 2.45. The quantitative estimate of drug-likeness (QED) is 0.0643. The van der Waals surface area contributed by atoms with Crippen LogP contribution in [0.5, 0.6) is 5.75 Å².